The minimum Gasteiger partial charge on any atom is -0.494 e. The van der Waals surface area contributed by atoms with Gasteiger partial charge in [0.25, 0.3) is 0 Å². The van der Waals surface area contributed by atoms with Crippen LogP contribution in [-0.4, -0.2) is 31.1 Å². The van der Waals surface area contributed by atoms with E-state index in [2.05, 4.69) is 18.7 Å². The van der Waals surface area contributed by atoms with Crippen LogP contribution in [0.15, 0.2) is 18.2 Å². The Morgan fingerprint density at radius 3 is 2.60 bits per heavy atom. The van der Waals surface area contributed by atoms with Crippen LogP contribution in [0.3, 0.4) is 0 Å². The average Bonchev–Trinajstić information content (AvgIpc) is 2.46. The Hall–Kier alpha value is -0.770. The van der Waals surface area contributed by atoms with Crippen LogP contribution >= 0.6 is 11.6 Å². The average molecular weight is 299 g/mol. The van der Waals surface area contributed by atoms with Crippen molar-refractivity contribution in [2.45, 2.75) is 39.7 Å². The number of benzene rings is 1. The molecule has 0 bridgehead atoms. The molecule has 0 saturated carbocycles. The highest BCUT2D eigenvalue weighted by molar-refractivity contribution is 6.30. The third-order valence-electron chi connectivity index (χ3n) is 3.50. The molecule has 0 radical (unpaired) electrons. The molecule has 0 saturated heterocycles. The van der Waals surface area contributed by atoms with E-state index in [1.165, 1.54) is 12.8 Å². The van der Waals surface area contributed by atoms with Crippen LogP contribution in [-0.2, 0) is 0 Å². The first-order chi connectivity index (χ1) is 9.67. The third kappa shape index (κ3) is 4.65. The second-order valence-electron chi connectivity index (χ2n) is 4.85. The van der Waals surface area contributed by atoms with Crippen molar-refractivity contribution >= 4 is 11.6 Å². The summed E-state index contributed by atoms with van der Waals surface area (Å²) in [4.78, 5) is 2.40. The van der Waals surface area contributed by atoms with Gasteiger partial charge in [-0.2, -0.15) is 0 Å². The summed E-state index contributed by atoms with van der Waals surface area (Å²) in [6, 6.07) is 5.95. The molecule has 4 heteroatoms. The van der Waals surface area contributed by atoms with Crippen molar-refractivity contribution in [1.29, 1.82) is 0 Å². The van der Waals surface area contributed by atoms with E-state index in [4.69, 9.17) is 22.1 Å². The Kier molecular flexibility index (Phi) is 7.97. The van der Waals surface area contributed by atoms with E-state index in [0.717, 1.165) is 29.4 Å². The summed E-state index contributed by atoms with van der Waals surface area (Å²) < 4.78 is 5.73. The number of ether oxygens (including phenoxy) is 1. The highest BCUT2D eigenvalue weighted by Crippen LogP contribution is 2.31. The molecule has 0 aliphatic carbocycles. The molecular formula is C16H27ClN2O. The van der Waals surface area contributed by atoms with Crippen molar-refractivity contribution in [2.75, 3.05) is 26.2 Å². The fourth-order valence-corrected chi connectivity index (χ4v) is 2.62. The maximum absolute atomic E-state index is 6.16. The van der Waals surface area contributed by atoms with Gasteiger partial charge in [-0.3, -0.25) is 4.90 Å². The van der Waals surface area contributed by atoms with Crippen molar-refractivity contribution < 1.29 is 4.74 Å². The number of likely N-dealkylation sites (N-methyl/N-ethyl adjacent to an activating group) is 1. The molecular weight excluding hydrogens is 272 g/mol. The molecule has 1 aromatic carbocycles. The summed E-state index contributed by atoms with van der Waals surface area (Å²) in [7, 11) is 0. The molecule has 3 nitrogen and oxygen atoms in total. The molecule has 0 aromatic heterocycles. The topological polar surface area (TPSA) is 38.5 Å². The fraction of sp³-hybridized carbons (Fsp3) is 0.625. The van der Waals surface area contributed by atoms with E-state index in [0.29, 0.717) is 13.2 Å². The van der Waals surface area contributed by atoms with Crippen molar-refractivity contribution in [1.82, 2.24) is 4.90 Å². The number of unbranched alkanes of at least 4 members (excludes halogenated alkanes) is 1. The molecule has 114 valence electrons. The minimum absolute atomic E-state index is 0.159. The number of halogens is 1. The molecule has 1 atom stereocenters. The quantitative estimate of drug-likeness (QED) is 0.752. The van der Waals surface area contributed by atoms with Crippen molar-refractivity contribution in [2.24, 2.45) is 5.73 Å². The van der Waals surface area contributed by atoms with Crippen LogP contribution in [0.1, 0.15) is 45.2 Å². The fourth-order valence-electron chi connectivity index (χ4n) is 2.43. The molecule has 1 aromatic rings. The zero-order chi connectivity index (χ0) is 15.0. The Morgan fingerprint density at radius 2 is 2.05 bits per heavy atom. The van der Waals surface area contributed by atoms with E-state index in [9.17, 15) is 0 Å². The minimum atomic E-state index is 0.159. The highest BCUT2D eigenvalue weighted by atomic mass is 35.5. The third-order valence-corrected chi connectivity index (χ3v) is 3.73. The highest BCUT2D eigenvalue weighted by Gasteiger charge is 2.21. The number of hydrogen-bond acceptors (Lipinski definition) is 3. The smallest absolute Gasteiger partial charge is 0.124 e. The zero-order valence-corrected chi connectivity index (χ0v) is 13.6. The summed E-state index contributed by atoms with van der Waals surface area (Å²) in [6.45, 7) is 9.60. The summed E-state index contributed by atoms with van der Waals surface area (Å²) in [5.41, 5.74) is 7.12. The predicted octanol–water partition coefficient (Wildman–Crippen LogP) is 3.86. The van der Waals surface area contributed by atoms with Crippen LogP contribution in [0.5, 0.6) is 5.75 Å². The lowest BCUT2D eigenvalue weighted by atomic mass is 10.0. The second kappa shape index (κ2) is 9.22. The lowest BCUT2D eigenvalue weighted by Gasteiger charge is -2.31. The van der Waals surface area contributed by atoms with Gasteiger partial charge in [-0.25, -0.2) is 0 Å². The molecule has 1 unspecified atom stereocenters. The maximum Gasteiger partial charge on any atom is 0.124 e. The van der Waals surface area contributed by atoms with Crippen LogP contribution in [0, 0.1) is 0 Å². The Morgan fingerprint density at radius 1 is 1.30 bits per heavy atom. The lowest BCUT2D eigenvalue weighted by Crippen LogP contribution is -2.34. The van der Waals surface area contributed by atoms with E-state index >= 15 is 0 Å². The second-order valence-corrected chi connectivity index (χ2v) is 5.29. The zero-order valence-electron chi connectivity index (χ0n) is 12.9. The Balaban J connectivity index is 3.05. The van der Waals surface area contributed by atoms with Gasteiger partial charge in [0.1, 0.15) is 5.75 Å². The normalized spacial score (nSPS) is 12.7. The molecule has 2 N–H and O–H groups in total. The van der Waals surface area contributed by atoms with Gasteiger partial charge in [0.15, 0.2) is 0 Å². The van der Waals surface area contributed by atoms with E-state index < -0.39 is 0 Å². The Labute approximate surface area is 128 Å². The van der Waals surface area contributed by atoms with Crippen molar-refractivity contribution in [3.8, 4) is 5.75 Å². The summed E-state index contributed by atoms with van der Waals surface area (Å²) >= 11 is 6.16. The van der Waals surface area contributed by atoms with Gasteiger partial charge >= 0.3 is 0 Å². The van der Waals surface area contributed by atoms with Crippen molar-refractivity contribution in [3.05, 3.63) is 28.8 Å². The molecule has 20 heavy (non-hydrogen) atoms. The van der Waals surface area contributed by atoms with Gasteiger partial charge < -0.3 is 10.5 Å². The van der Waals surface area contributed by atoms with Crippen LogP contribution in [0.25, 0.3) is 0 Å². The van der Waals surface area contributed by atoms with Gasteiger partial charge in [0.2, 0.25) is 0 Å². The van der Waals surface area contributed by atoms with Crippen LogP contribution < -0.4 is 10.5 Å². The number of hydrogen-bond donors (Lipinski definition) is 1. The predicted molar refractivity (Wildman–Crippen MR) is 86.6 cm³/mol. The number of nitrogens with zero attached hydrogens (tertiary/aromatic N) is 1. The summed E-state index contributed by atoms with van der Waals surface area (Å²) in [5.74, 6) is 0.891. The molecule has 0 amide bonds. The molecule has 0 fully saturated rings. The number of rotatable bonds is 9. The van der Waals surface area contributed by atoms with Crippen LogP contribution in [0.2, 0.25) is 5.02 Å². The maximum atomic E-state index is 6.16. The number of nitrogens with two attached hydrogens (primary N) is 1. The van der Waals surface area contributed by atoms with Gasteiger partial charge in [-0.15, -0.1) is 0 Å². The monoisotopic (exact) mass is 298 g/mol. The van der Waals surface area contributed by atoms with E-state index in [1.54, 1.807) is 0 Å². The molecule has 1 rings (SSSR count). The first-order valence-electron chi connectivity index (χ1n) is 7.54. The first kappa shape index (κ1) is 17.3. The summed E-state index contributed by atoms with van der Waals surface area (Å²) in [5, 5.41) is 0.730. The van der Waals surface area contributed by atoms with E-state index in [-0.39, 0.29) is 6.04 Å². The Bertz CT molecular complexity index is 398. The van der Waals surface area contributed by atoms with Gasteiger partial charge in [0.05, 0.1) is 12.6 Å². The first-order valence-corrected chi connectivity index (χ1v) is 7.91. The lowest BCUT2D eigenvalue weighted by molar-refractivity contribution is 0.203. The molecule has 0 aliphatic heterocycles. The standard InChI is InChI=1S/C16H27ClN2O/c1-4-7-10-19(5-2)15(12-18)14-11-13(17)8-9-16(14)20-6-3/h8-9,11,15H,4-7,10,12,18H2,1-3H3. The molecule has 0 aliphatic rings. The van der Waals surface area contributed by atoms with E-state index in [1.807, 2.05) is 25.1 Å². The largest absolute Gasteiger partial charge is 0.494 e. The molecule has 0 spiro atoms. The van der Waals surface area contributed by atoms with Gasteiger partial charge in [-0.1, -0.05) is 31.9 Å². The molecule has 0 heterocycles. The van der Waals surface area contributed by atoms with Crippen LogP contribution in [0.4, 0.5) is 0 Å². The SMILES string of the molecule is CCCCN(CC)C(CN)c1cc(Cl)ccc1OCC. The van der Waals surface area contributed by atoms with Gasteiger partial charge in [-0.05, 0) is 44.6 Å². The van der Waals surface area contributed by atoms with Crippen molar-refractivity contribution in [3.63, 3.8) is 0 Å². The summed E-state index contributed by atoms with van der Waals surface area (Å²) in [6.07, 6.45) is 2.36. The van der Waals surface area contributed by atoms with Gasteiger partial charge in [0, 0.05) is 17.1 Å².